The molecule has 0 aliphatic carbocycles. The fourth-order valence-corrected chi connectivity index (χ4v) is 2.19. The number of hydrogen-bond acceptors (Lipinski definition) is 1. The topological polar surface area (TPSA) is 9.23 Å². The Balaban J connectivity index is 2.91. The van der Waals surface area contributed by atoms with Crippen LogP contribution >= 0.6 is 0 Å². The van der Waals surface area contributed by atoms with Crippen molar-refractivity contribution in [2.75, 3.05) is 7.11 Å². The van der Waals surface area contributed by atoms with Crippen LogP contribution in [0.3, 0.4) is 0 Å². The molecule has 0 N–H and O–H groups in total. The van der Waals surface area contributed by atoms with E-state index in [4.69, 9.17) is 4.74 Å². The molecule has 0 saturated heterocycles. The third kappa shape index (κ3) is 1.58. The lowest BCUT2D eigenvalue weighted by atomic mass is 9.99. The van der Waals surface area contributed by atoms with Crippen LogP contribution in [0.25, 0.3) is 10.8 Å². The van der Waals surface area contributed by atoms with E-state index in [1.807, 2.05) is 0 Å². The zero-order chi connectivity index (χ0) is 11.0. The van der Waals surface area contributed by atoms with Gasteiger partial charge < -0.3 is 4.74 Å². The van der Waals surface area contributed by atoms with Gasteiger partial charge in [0.05, 0.1) is 7.11 Å². The number of fused-ring (bicyclic) bond motifs is 1. The maximum Gasteiger partial charge on any atom is 0.129 e. The predicted molar refractivity (Wildman–Crippen MR) is 64.7 cm³/mol. The van der Waals surface area contributed by atoms with Gasteiger partial charge >= 0.3 is 0 Å². The minimum atomic E-state index is 1.00. The molecule has 1 heteroatoms. The summed E-state index contributed by atoms with van der Waals surface area (Å²) in [6.07, 6.45) is 0. The van der Waals surface area contributed by atoms with Gasteiger partial charge in [-0.2, -0.15) is 0 Å². The fourth-order valence-electron chi connectivity index (χ4n) is 2.19. The predicted octanol–water partition coefficient (Wildman–Crippen LogP) is 3.77. The smallest absolute Gasteiger partial charge is 0.129 e. The van der Waals surface area contributed by atoms with Crippen LogP contribution in [-0.2, 0) is 0 Å². The van der Waals surface area contributed by atoms with Crippen LogP contribution in [-0.4, -0.2) is 7.11 Å². The van der Waals surface area contributed by atoms with E-state index >= 15 is 0 Å². The van der Waals surface area contributed by atoms with E-state index in [2.05, 4.69) is 45.0 Å². The Hall–Kier alpha value is -1.50. The van der Waals surface area contributed by atoms with Gasteiger partial charge in [0.15, 0.2) is 0 Å². The maximum absolute atomic E-state index is 5.48. The summed E-state index contributed by atoms with van der Waals surface area (Å²) in [5, 5.41) is 2.50. The number of methoxy groups -OCH3 is 1. The number of rotatable bonds is 1. The molecule has 2 aromatic carbocycles. The molecule has 0 radical (unpaired) electrons. The molecule has 0 spiro atoms. The van der Waals surface area contributed by atoms with Crippen LogP contribution in [0.1, 0.15) is 16.7 Å². The third-order valence-electron chi connectivity index (χ3n) is 2.81. The summed E-state index contributed by atoms with van der Waals surface area (Å²) in [5.74, 6) is 1.00. The zero-order valence-corrected chi connectivity index (χ0v) is 9.72. The first-order valence-electron chi connectivity index (χ1n) is 5.18. The van der Waals surface area contributed by atoms with Crippen LogP contribution in [0.4, 0.5) is 0 Å². The van der Waals surface area contributed by atoms with Crippen LogP contribution in [0.5, 0.6) is 5.75 Å². The quantitative estimate of drug-likeness (QED) is 0.680. The van der Waals surface area contributed by atoms with Gasteiger partial charge in [-0.15, -0.1) is 0 Å². The first-order chi connectivity index (χ1) is 7.13. The van der Waals surface area contributed by atoms with Gasteiger partial charge in [-0.3, -0.25) is 0 Å². The molecule has 0 saturated carbocycles. The Morgan fingerprint density at radius 2 is 1.67 bits per heavy atom. The molecule has 0 heterocycles. The highest BCUT2D eigenvalue weighted by Gasteiger charge is 2.07. The highest BCUT2D eigenvalue weighted by atomic mass is 16.5. The number of hydrogen-bond donors (Lipinski definition) is 0. The van der Waals surface area contributed by atoms with Crippen molar-refractivity contribution in [2.24, 2.45) is 0 Å². The van der Waals surface area contributed by atoms with E-state index in [0.29, 0.717) is 0 Å². The molecular weight excluding hydrogens is 184 g/mol. The molecule has 0 atom stereocenters. The van der Waals surface area contributed by atoms with Gasteiger partial charge in [0.25, 0.3) is 0 Å². The summed E-state index contributed by atoms with van der Waals surface area (Å²) >= 11 is 0. The highest BCUT2D eigenvalue weighted by molar-refractivity contribution is 5.92. The largest absolute Gasteiger partial charge is 0.496 e. The van der Waals surface area contributed by atoms with Crippen LogP contribution in [0.15, 0.2) is 24.3 Å². The Bertz CT molecular complexity index is 512. The molecule has 1 nitrogen and oxygen atoms in total. The molecule has 0 aliphatic rings. The summed E-state index contributed by atoms with van der Waals surface area (Å²) in [7, 11) is 1.74. The van der Waals surface area contributed by atoms with Crippen LogP contribution in [0, 0.1) is 20.8 Å². The standard InChI is InChI=1S/C14H16O/c1-9-7-11(3)13-12(8-9)6-5-10(2)14(13)15-4/h5-8H,1-4H3. The number of aryl methyl sites for hydroxylation is 3. The van der Waals surface area contributed by atoms with E-state index in [-0.39, 0.29) is 0 Å². The van der Waals surface area contributed by atoms with Gasteiger partial charge in [-0.25, -0.2) is 0 Å². The molecule has 0 unspecified atom stereocenters. The molecule has 0 amide bonds. The number of ether oxygens (including phenoxy) is 1. The van der Waals surface area contributed by atoms with Crippen molar-refractivity contribution in [3.8, 4) is 5.75 Å². The highest BCUT2D eigenvalue weighted by Crippen LogP contribution is 2.32. The van der Waals surface area contributed by atoms with E-state index in [1.165, 1.54) is 27.5 Å². The second kappa shape index (κ2) is 3.58. The zero-order valence-electron chi connectivity index (χ0n) is 9.72. The lowest BCUT2D eigenvalue weighted by molar-refractivity contribution is 0.416. The minimum absolute atomic E-state index is 1.00. The summed E-state index contributed by atoms with van der Waals surface area (Å²) in [6.45, 7) is 6.34. The molecule has 2 rings (SSSR count). The summed E-state index contributed by atoms with van der Waals surface area (Å²) in [4.78, 5) is 0. The molecule has 0 fully saturated rings. The van der Waals surface area contributed by atoms with E-state index in [9.17, 15) is 0 Å². The molecule has 0 aromatic heterocycles. The lowest BCUT2D eigenvalue weighted by Crippen LogP contribution is -1.91. The molecule has 0 aliphatic heterocycles. The maximum atomic E-state index is 5.48. The van der Waals surface area contributed by atoms with E-state index < -0.39 is 0 Å². The normalized spacial score (nSPS) is 10.7. The van der Waals surface area contributed by atoms with E-state index in [1.54, 1.807) is 7.11 Å². The van der Waals surface area contributed by atoms with Crippen molar-refractivity contribution in [2.45, 2.75) is 20.8 Å². The van der Waals surface area contributed by atoms with Crippen molar-refractivity contribution < 1.29 is 4.74 Å². The minimum Gasteiger partial charge on any atom is -0.496 e. The molecule has 78 valence electrons. The van der Waals surface area contributed by atoms with Crippen molar-refractivity contribution in [1.29, 1.82) is 0 Å². The van der Waals surface area contributed by atoms with Gasteiger partial charge in [0.1, 0.15) is 5.75 Å². The van der Waals surface area contributed by atoms with Crippen molar-refractivity contribution >= 4 is 10.8 Å². The summed E-state index contributed by atoms with van der Waals surface area (Å²) in [5.41, 5.74) is 3.77. The summed E-state index contributed by atoms with van der Waals surface area (Å²) in [6, 6.07) is 8.67. The van der Waals surface area contributed by atoms with Crippen molar-refractivity contribution in [3.63, 3.8) is 0 Å². The second-order valence-corrected chi connectivity index (χ2v) is 4.10. The second-order valence-electron chi connectivity index (χ2n) is 4.10. The Kier molecular flexibility index (Phi) is 2.39. The average Bonchev–Trinajstić information content (AvgIpc) is 2.18. The average molecular weight is 200 g/mol. The van der Waals surface area contributed by atoms with Crippen LogP contribution < -0.4 is 4.74 Å². The van der Waals surface area contributed by atoms with E-state index in [0.717, 1.165) is 5.75 Å². The fraction of sp³-hybridized carbons (Fsp3) is 0.286. The van der Waals surface area contributed by atoms with Crippen LogP contribution in [0.2, 0.25) is 0 Å². The Labute approximate surface area is 90.7 Å². The first kappa shape index (κ1) is 10.0. The monoisotopic (exact) mass is 200 g/mol. The SMILES string of the molecule is COc1c(C)ccc2cc(C)cc(C)c12. The van der Waals surface area contributed by atoms with Crippen molar-refractivity contribution in [3.05, 3.63) is 41.0 Å². The molecular formula is C14H16O. The van der Waals surface area contributed by atoms with Gasteiger partial charge in [0.2, 0.25) is 0 Å². The number of benzene rings is 2. The summed E-state index contributed by atoms with van der Waals surface area (Å²) < 4.78 is 5.48. The molecule has 0 bridgehead atoms. The lowest BCUT2D eigenvalue weighted by Gasteiger charge is -2.12. The molecule has 2 aromatic rings. The first-order valence-corrected chi connectivity index (χ1v) is 5.18. The third-order valence-corrected chi connectivity index (χ3v) is 2.81. The Morgan fingerprint density at radius 3 is 2.33 bits per heavy atom. The molecule has 15 heavy (non-hydrogen) atoms. The Morgan fingerprint density at radius 1 is 0.933 bits per heavy atom. The van der Waals surface area contributed by atoms with Gasteiger partial charge in [-0.1, -0.05) is 29.8 Å². The van der Waals surface area contributed by atoms with Gasteiger partial charge in [0, 0.05) is 5.39 Å². The van der Waals surface area contributed by atoms with Gasteiger partial charge in [-0.05, 0) is 37.3 Å². The van der Waals surface area contributed by atoms with Crippen molar-refractivity contribution in [1.82, 2.24) is 0 Å².